The van der Waals surface area contributed by atoms with Crippen molar-refractivity contribution in [3.8, 4) is 0 Å². The number of carboxylic acid groups (broad SMARTS) is 1. The van der Waals surface area contributed by atoms with E-state index < -0.39 is 11.9 Å². The number of aromatic nitrogens is 1. The molecule has 2 aromatic carbocycles. The van der Waals surface area contributed by atoms with Crippen LogP contribution in [-0.4, -0.2) is 23.5 Å². The Labute approximate surface area is 144 Å². The summed E-state index contributed by atoms with van der Waals surface area (Å²) in [5.74, 6) is -1.77. The van der Waals surface area contributed by atoms with E-state index in [2.05, 4.69) is 10.3 Å². The summed E-state index contributed by atoms with van der Waals surface area (Å²) in [6.07, 6.45) is 1.45. The minimum atomic E-state index is -1.27. The Morgan fingerprint density at radius 3 is 2.72 bits per heavy atom. The molecule has 0 amide bonds. The Balaban J connectivity index is 2.12. The van der Waals surface area contributed by atoms with Crippen LogP contribution in [0.25, 0.3) is 10.9 Å². The van der Waals surface area contributed by atoms with Gasteiger partial charge in [0.2, 0.25) is 0 Å². The SMILES string of the molecule is CCOC(=O)c1cnc2ccccc2c1Nc1cccc(C(=O)[O-])c1. The maximum atomic E-state index is 12.3. The molecule has 126 valence electrons. The van der Waals surface area contributed by atoms with Crippen molar-refractivity contribution in [2.75, 3.05) is 11.9 Å². The number of carbonyl (C=O) groups excluding carboxylic acids is 2. The molecule has 0 fully saturated rings. The van der Waals surface area contributed by atoms with E-state index in [-0.39, 0.29) is 17.7 Å². The first-order chi connectivity index (χ1) is 12.1. The minimum Gasteiger partial charge on any atom is -0.545 e. The molecule has 0 radical (unpaired) electrons. The van der Waals surface area contributed by atoms with Crippen LogP contribution in [0, 0.1) is 0 Å². The van der Waals surface area contributed by atoms with Crippen LogP contribution in [0.4, 0.5) is 11.4 Å². The van der Waals surface area contributed by atoms with Crippen LogP contribution in [-0.2, 0) is 4.74 Å². The summed E-state index contributed by atoms with van der Waals surface area (Å²) < 4.78 is 5.09. The van der Waals surface area contributed by atoms with E-state index in [1.165, 1.54) is 18.3 Å². The van der Waals surface area contributed by atoms with Crippen LogP contribution < -0.4 is 10.4 Å². The molecule has 0 spiro atoms. The van der Waals surface area contributed by atoms with Crippen molar-refractivity contribution in [3.05, 3.63) is 65.9 Å². The van der Waals surface area contributed by atoms with Gasteiger partial charge in [-0.05, 0) is 30.7 Å². The molecule has 3 rings (SSSR count). The number of fused-ring (bicyclic) bond motifs is 1. The number of aromatic carboxylic acids is 1. The molecule has 1 N–H and O–H groups in total. The van der Waals surface area contributed by atoms with Crippen molar-refractivity contribution >= 4 is 34.2 Å². The van der Waals surface area contributed by atoms with E-state index >= 15 is 0 Å². The first-order valence-corrected chi connectivity index (χ1v) is 7.73. The van der Waals surface area contributed by atoms with Gasteiger partial charge in [-0.1, -0.05) is 30.3 Å². The lowest BCUT2D eigenvalue weighted by Gasteiger charge is -2.15. The van der Waals surface area contributed by atoms with Crippen LogP contribution in [0.15, 0.2) is 54.7 Å². The van der Waals surface area contributed by atoms with Crippen molar-refractivity contribution in [1.29, 1.82) is 0 Å². The predicted octanol–water partition coefficient (Wildman–Crippen LogP) is 2.52. The highest BCUT2D eigenvalue weighted by Gasteiger charge is 2.16. The average Bonchev–Trinajstić information content (AvgIpc) is 2.62. The van der Waals surface area contributed by atoms with Crippen LogP contribution in [0.5, 0.6) is 0 Å². The fourth-order valence-corrected chi connectivity index (χ4v) is 2.51. The maximum Gasteiger partial charge on any atom is 0.341 e. The average molecular weight is 335 g/mol. The highest BCUT2D eigenvalue weighted by Crippen LogP contribution is 2.29. The highest BCUT2D eigenvalue weighted by molar-refractivity contribution is 6.06. The number of hydrogen-bond donors (Lipinski definition) is 1. The number of pyridine rings is 1. The maximum absolute atomic E-state index is 12.3. The van der Waals surface area contributed by atoms with Gasteiger partial charge in [0.25, 0.3) is 0 Å². The summed E-state index contributed by atoms with van der Waals surface area (Å²) in [4.78, 5) is 27.6. The molecule has 0 unspecified atom stereocenters. The molecule has 0 saturated carbocycles. The molecule has 1 heterocycles. The molecule has 6 heteroatoms. The van der Waals surface area contributed by atoms with Crippen LogP contribution >= 0.6 is 0 Å². The fourth-order valence-electron chi connectivity index (χ4n) is 2.51. The second kappa shape index (κ2) is 7.00. The van der Waals surface area contributed by atoms with Gasteiger partial charge in [-0.2, -0.15) is 0 Å². The summed E-state index contributed by atoms with van der Waals surface area (Å²) in [6.45, 7) is 1.97. The first kappa shape index (κ1) is 16.4. The number of benzene rings is 2. The van der Waals surface area contributed by atoms with Crippen molar-refractivity contribution in [2.45, 2.75) is 6.92 Å². The van der Waals surface area contributed by atoms with Gasteiger partial charge in [-0.3, -0.25) is 4.98 Å². The molecule has 0 bridgehead atoms. The summed E-state index contributed by atoms with van der Waals surface area (Å²) in [5.41, 5.74) is 2.05. The Kier molecular flexibility index (Phi) is 4.61. The van der Waals surface area contributed by atoms with E-state index in [0.29, 0.717) is 16.9 Å². The number of carboxylic acids is 1. The number of nitrogens with zero attached hydrogens (tertiary/aromatic N) is 1. The van der Waals surface area contributed by atoms with E-state index in [4.69, 9.17) is 4.74 Å². The van der Waals surface area contributed by atoms with Gasteiger partial charge in [0, 0.05) is 17.3 Å². The first-order valence-electron chi connectivity index (χ1n) is 7.73. The number of anilines is 2. The lowest BCUT2D eigenvalue weighted by Crippen LogP contribution is -2.22. The standard InChI is InChI=1S/C19H16N2O4/c1-2-25-19(24)15-11-20-16-9-4-3-8-14(16)17(15)21-13-7-5-6-12(10-13)18(22)23/h3-11H,2H2,1H3,(H,20,21)(H,22,23)/p-1. The van der Waals surface area contributed by atoms with Crippen molar-refractivity contribution in [2.24, 2.45) is 0 Å². The zero-order valence-electron chi connectivity index (χ0n) is 13.5. The predicted molar refractivity (Wildman–Crippen MR) is 91.8 cm³/mol. The molecule has 25 heavy (non-hydrogen) atoms. The Morgan fingerprint density at radius 2 is 1.96 bits per heavy atom. The third-order valence-electron chi connectivity index (χ3n) is 3.64. The summed E-state index contributed by atoms with van der Waals surface area (Å²) in [5, 5.41) is 14.9. The lowest BCUT2D eigenvalue weighted by atomic mass is 10.1. The smallest absolute Gasteiger partial charge is 0.341 e. The number of carbonyl (C=O) groups is 2. The van der Waals surface area contributed by atoms with Crippen molar-refractivity contribution in [1.82, 2.24) is 4.98 Å². The van der Waals surface area contributed by atoms with Crippen LogP contribution in [0.1, 0.15) is 27.6 Å². The zero-order valence-corrected chi connectivity index (χ0v) is 13.5. The van der Waals surface area contributed by atoms with Gasteiger partial charge in [0.05, 0.1) is 23.8 Å². The molecule has 0 aliphatic carbocycles. The monoisotopic (exact) mass is 335 g/mol. The fraction of sp³-hybridized carbons (Fsp3) is 0.105. The number of esters is 1. The topological polar surface area (TPSA) is 91.3 Å². The Morgan fingerprint density at radius 1 is 1.16 bits per heavy atom. The molecule has 0 saturated heterocycles. The third-order valence-corrected chi connectivity index (χ3v) is 3.64. The quantitative estimate of drug-likeness (QED) is 0.720. The van der Waals surface area contributed by atoms with Crippen molar-refractivity contribution in [3.63, 3.8) is 0 Å². The molecule has 6 nitrogen and oxygen atoms in total. The molecule has 0 atom stereocenters. The lowest BCUT2D eigenvalue weighted by molar-refractivity contribution is -0.255. The third kappa shape index (κ3) is 3.42. The zero-order chi connectivity index (χ0) is 17.8. The van der Waals surface area contributed by atoms with Crippen LogP contribution in [0.2, 0.25) is 0 Å². The molecular formula is C19H15N2O4-. The second-order valence-electron chi connectivity index (χ2n) is 5.28. The minimum absolute atomic E-state index is 0.0426. The number of rotatable bonds is 5. The van der Waals surface area contributed by atoms with Crippen molar-refractivity contribution < 1.29 is 19.4 Å². The number of ether oxygens (including phenoxy) is 1. The molecule has 1 aromatic heterocycles. The van der Waals surface area contributed by atoms with Gasteiger partial charge in [0.15, 0.2) is 0 Å². The van der Waals surface area contributed by atoms with E-state index in [1.54, 1.807) is 19.1 Å². The number of hydrogen-bond acceptors (Lipinski definition) is 6. The summed E-state index contributed by atoms with van der Waals surface area (Å²) >= 11 is 0. The van der Waals surface area contributed by atoms with E-state index in [9.17, 15) is 14.7 Å². The van der Waals surface area contributed by atoms with Gasteiger partial charge >= 0.3 is 5.97 Å². The van der Waals surface area contributed by atoms with Gasteiger partial charge in [-0.15, -0.1) is 0 Å². The normalized spacial score (nSPS) is 10.4. The molecule has 0 aliphatic heterocycles. The largest absolute Gasteiger partial charge is 0.545 e. The Bertz CT molecular complexity index is 953. The van der Waals surface area contributed by atoms with Crippen LogP contribution in [0.3, 0.4) is 0 Å². The number of para-hydroxylation sites is 1. The molecular weight excluding hydrogens is 320 g/mol. The van der Waals surface area contributed by atoms with E-state index in [1.807, 2.05) is 24.3 Å². The molecule has 0 aliphatic rings. The van der Waals surface area contributed by atoms with Gasteiger partial charge in [-0.25, -0.2) is 4.79 Å². The van der Waals surface area contributed by atoms with E-state index in [0.717, 1.165) is 5.39 Å². The highest BCUT2D eigenvalue weighted by atomic mass is 16.5. The van der Waals surface area contributed by atoms with Gasteiger partial charge < -0.3 is 20.0 Å². The molecule has 3 aromatic rings. The summed E-state index contributed by atoms with van der Waals surface area (Å²) in [6, 6.07) is 13.5. The summed E-state index contributed by atoms with van der Waals surface area (Å²) in [7, 11) is 0. The van der Waals surface area contributed by atoms with Gasteiger partial charge in [0.1, 0.15) is 5.56 Å². The second-order valence-corrected chi connectivity index (χ2v) is 5.28. The number of nitrogens with one attached hydrogen (secondary N) is 1. The Hall–Kier alpha value is -3.41.